The summed E-state index contributed by atoms with van der Waals surface area (Å²) in [5.41, 5.74) is -3.12. The number of ether oxygens (including phenoxy) is 2. The molecule has 0 unspecified atom stereocenters. The molecule has 1 aromatic carbocycles. The Morgan fingerprint density at radius 1 is 1.48 bits per heavy atom. The van der Waals surface area contributed by atoms with Crippen molar-refractivity contribution in [1.82, 2.24) is 4.57 Å². The largest absolute Gasteiger partial charge is 0.492 e. The summed E-state index contributed by atoms with van der Waals surface area (Å²) in [6.45, 7) is -5.91. The number of hydrogen-bond donors (Lipinski definition) is 1. The van der Waals surface area contributed by atoms with Crippen molar-refractivity contribution in [2.75, 3.05) is 20.3 Å². The molecule has 2 aromatic rings. The molecule has 0 spiro atoms. The van der Waals surface area contributed by atoms with E-state index in [4.69, 9.17) is 30.7 Å². The molecule has 0 amide bonds. The number of nitrogens with zero attached hydrogens (tertiary/aromatic N) is 1. The lowest BCUT2D eigenvalue weighted by Gasteiger charge is -2.34. The van der Waals surface area contributed by atoms with E-state index < -0.39 is 60.5 Å². The number of halogens is 2. The van der Waals surface area contributed by atoms with Crippen molar-refractivity contribution in [3.63, 3.8) is 0 Å². The van der Waals surface area contributed by atoms with Gasteiger partial charge in [-0.3, -0.25) is 4.79 Å². The lowest BCUT2D eigenvalue weighted by Crippen LogP contribution is -2.30. The van der Waals surface area contributed by atoms with Gasteiger partial charge >= 0.3 is 5.97 Å². The van der Waals surface area contributed by atoms with Crippen LogP contribution in [0.4, 0.5) is 4.39 Å². The Balaban J connectivity index is 2.35. The second-order valence-corrected chi connectivity index (χ2v) is 6.85. The zero-order valence-electron chi connectivity index (χ0n) is 22.4. The van der Waals surface area contributed by atoms with Gasteiger partial charge in [0.15, 0.2) is 5.82 Å². The molecule has 0 bridgehead atoms. The maximum absolute atomic E-state index is 15.5. The minimum atomic E-state index is -3.24. The first-order chi connectivity index (χ1) is 16.5. The summed E-state index contributed by atoms with van der Waals surface area (Å²) >= 11 is 6.31. The van der Waals surface area contributed by atoms with Gasteiger partial charge in [-0.15, -0.1) is 0 Å². The number of carbonyl (C=O) groups is 1. The maximum Gasteiger partial charge on any atom is 0.341 e. The Morgan fingerprint density at radius 2 is 2.24 bits per heavy atom. The van der Waals surface area contributed by atoms with Crippen molar-refractivity contribution in [1.29, 1.82) is 0 Å². The second-order valence-electron chi connectivity index (χ2n) is 6.45. The quantitative estimate of drug-likeness (QED) is 0.667. The fourth-order valence-corrected chi connectivity index (χ4v) is 3.41. The summed E-state index contributed by atoms with van der Waals surface area (Å²) in [4.78, 5) is 24.1. The summed E-state index contributed by atoms with van der Waals surface area (Å²) < 4.78 is 83.1. The van der Waals surface area contributed by atoms with E-state index in [0.29, 0.717) is 23.8 Å². The van der Waals surface area contributed by atoms with Crippen LogP contribution in [0.2, 0.25) is 5.02 Å². The van der Waals surface area contributed by atoms with Crippen LogP contribution in [-0.2, 0) is 11.2 Å². The van der Waals surface area contributed by atoms with E-state index >= 15 is 4.39 Å². The van der Waals surface area contributed by atoms with Crippen LogP contribution in [0.5, 0.6) is 5.75 Å². The molecular formula is C21H23ClFNO5. The van der Waals surface area contributed by atoms with Gasteiger partial charge in [-0.2, -0.15) is 0 Å². The van der Waals surface area contributed by atoms with E-state index in [2.05, 4.69) is 0 Å². The summed E-state index contributed by atoms with van der Waals surface area (Å²) in [6, 6.07) is -0.0578. The van der Waals surface area contributed by atoms with Gasteiger partial charge in [-0.25, -0.2) is 9.18 Å². The molecule has 156 valence electrons. The number of carboxylic acids is 1. The number of benzene rings is 1. The van der Waals surface area contributed by atoms with E-state index in [9.17, 15) is 14.7 Å². The van der Waals surface area contributed by atoms with Gasteiger partial charge < -0.3 is 19.1 Å². The normalized spacial score (nSPS) is 22.1. The Morgan fingerprint density at radius 3 is 2.90 bits per heavy atom. The van der Waals surface area contributed by atoms with E-state index in [1.54, 1.807) is 0 Å². The number of pyridine rings is 1. The van der Waals surface area contributed by atoms with E-state index in [1.165, 1.54) is 19.2 Å². The Bertz CT molecular complexity index is 1230. The predicted octanol–water partition coefficient (Wildman–Crippen LogP) is 4.17. The molecule has 2 heterocycles. The fraction of sp³-hybridized carbons (Fsp3) is 0.429. The number of carboxylic acid groups (broad SMARTS) is 1. The zero-order valence-corrected chi connectivity index (χ0v) is 16.2. The predicted molar refractivity (Wildman–Crippen MR) is 108 cm³/mol. The van der Waals surface area contributed by atoms with E-state index in [-0.39, 0.29) is 28.5 Å². The van der Waals surface area contributed by atoms with Crippen molar-refractivity contribution in [2.45, 2.75) is 32.6 Å². The second kappa shape index (κ2) is 8.55. The summed E-state index contributed by atoms with van der Waals surface area (Å²) in [7, 11) is 1.51. The Kier molecular flexibility index (Phi) is 4.06. The third kappa shape index (κ3) is 4.02. The molecule has 0 aliphatic carbocycles. The molecule has 1 aromatic heterocycles. The third-order valence-corrected chi connectivity index (χ3v) is 4.85. The van der Waals surface area contributed by atoms with Gasteiger partial charge in [-0.05, 0) is 30.0 Å². The molecule has 29 heavy (non-hydrogen) atoms. The number of rotatable bonds is 7. The molecule has 1 aliphatic heterocycles. The lowest BCUT2D eigenvalue weighted by molar-refractivity contribution is 0.0693. The summed E-state index contributed by atoms with van der Waals surface area (Å²) in [5.74, 6) is -5.66. The topological polar surface area (TPSA) is 77.8 Å². The molecule has 6 nitrogen and oxygen atoms in total. The smallest absolute Gasteiger partial charge is 0.341 e. The highest BCUT2D eigenvalue weighted by Gasteiger charge is 2.32. The SMILES string of the molecule is [2H]C([2H])([2H])C(C([2H])([2H])[2H])[C@]1([2H])Cc2cc(OCCCOC)c(Cl)cc2-c2c(F)c(=O)c(C(=O)O)cn21. The van der Waals surface area contributed by atoms with Crippen LogP contribution in [-0.4, -0.2) is 36.0 Å². The van der Waals surface area contributed by atoms with Crippen LogP contribution in [0.3, 0.4) is 0 Å². The number of methoxy groups -OCH3 is 1. The van der Waals surface area contributed by atoms with Gasteiger partial charge in [0.1, 0.15) is 11.3 Å². The standard InChI is InChI=1S/C21H23ClFNO5/c1-11(2)16-7-12-8-17(29-6-4-5-28-3)15(22)9-13(12)19-18(23)20(25)14(21(26)27)10-24(16)19/h8-11,16H,4-7H2,1-3H3,(H,26,27)/t16-/m0/s1/i1D3,2D3,16D. The lowest BCUT2D eigenvalue weighted by atomic mass is 9.87. The van der Waals surface area contributed by atoms with Gasteiger partial charge in [0, 0.05) is 46.1 Å². The average molecular weight is 431 g/mol. The van der Waals surface area contributed by atoms with Crippen LogP contribution in [0.25, 0.3) is 11.3 Å². The first kappa shape index (κ1) is 13.8. The summed E-state index contributed by atoms with van der Waals surface area (Å²) in [6.07, 6.45) is 0.535. The van der Waals surface area contributed by atoms with Crippen LogP contribution in [0.1, 0.15) is 51.7 Å². The maximum atomic E-state index is 15.5. The minimum absolute atomic E-state index is 0.00699. The van der Waals surface area contributed by atoms with Crippen molar-refractivity contribution >= 4 is 17.6 Å². The van der Waals surface area contributed by atoms with Crippen molar-refractivity contribution < 1.29 is 33.4 Å². The average Bonchev–Trinajstić information content (AvgIpc) is 2.71. The van der Waals surface area contributed by atoms with Gasteiger partial charge in [0.05, 0.1) is 18.7 Å². The molecule has 1 aliphatic rings. The molecule has 3 rings (SSSR count). The molecule has 0 saturated carbocycles. The van der Waals surface area contributed by atoms with Gasteiger partial charge in [0.2, 0.25) is 5.43 Å². The van der Waals surface area contributed by atoms with Crippen molar-refractivity contribution in [3.8, 4) is 17.0 Å². The highest BCUT2D eigenvalue weighted by Crippen LogP contribution is 2.42. The van der Waals surface area contributed by atoms with Crippen LogP contribution >= 0.6 is 11.6 Å². The van der Waals surface area contributed by atoms with Crippen LogP contribution < -0.4 is 10.2 Å². The molecular weight excluding hydrogens is 401 g/mol. The van der Waals surface area contributed by atoms with Crippen LogP contribution in [0.15, 0.2) is 23.1 Å². The molecule has 0 radical (unpaired) electrons. The molecule has 8 heteroatoms. The van der Waals surface area contributed by atoms with Crippen LogP contribution in [0, 0.1) is 11.7 Å². The van der Waals surface area contributed by atoms with E-state index in [0.717, 1.165) is 0 Å². The zero-order chi connectivity index (χ0) is 27.2. The van der Waals surface area contributed by atoms with Gasteiger partial charge in [-0.1, -0.05) is 25.3 Å². The first-order valence-corrected chi connectivity index (χ1v) is 9.05. The fourth-order valence-electron chi connectivity index (χ4n) is 3.19. The molecule has 1 atom stereocenters. The van der Waals surface area contributed by atoms with Crippen molar-refractivity contribution in [3.05, 3.63) is 50.5 Å². The first-order valence-electron chi connectivity index (χ1n) is 12.2. The van der Waals surface area contributed by atoms with Crippen molar-refractivity contribution in [2.24, 2.45) is 5.92 Å². The number of aromatic carboxylic acids is 1. The highest BCUT2D eigenvalue weighted by molar-refractivity contribution is 6.32. The highest BCUT2D eigenvalue weighted by atomic mass is 35.5. The van der Waals surface area contributed by atoms with Gasteiger partial charge in [0.25, 0.3) is 0 Å². The molecule has 0 fully saturated rings. The number of aromatic nitrogens is 1. The summed E-state index contributed by atoms with van der Waals surface area (Å²) in [5, 5.41) is 9.41. The number of fused-ring (bicyclic) bond motifs is 3. The number of hydrogen-bond acceptors (Lipinski definition) is 4. The Labute approximate surface area is 182 Å². The Hall–Kier alpha value is -2.38. The molecule has 1 N–H and O–H groups in total. The van der Waals surface area contributed by atoms with E-state index in [1.807, 2.05) is 0 Å². The monoisotopic (exact) mass is 430 g/mol. The minimum Gasteiger partial charge on any atom is -0.492 e. The third-order valence-electron chi connectivity index (χ3n) is 4.56. The molecule has 0 saturated heterocycles.